The van der Waals surface area contributed by atoms with Gasteiger partial charge in [0, 0.05) is 24.5 Å². The highest BCUT2D eigenvalue weighted by Crippen LogP contribution is 2.17. The maximum Gasteiger partial charge on any atom is 0.255 e. The molecular weight excluding hydrogens is 352 g/mol. The number of amides is 2. The minimum absolute atomic E-state index is 0.0519. The van der Waals surface area contributed by atoms with Gasteiger partial charge in [-0.1, -0.05) is 35.9 Å². The van der Waals surface area contributed by atoms with Crippen molar-refractivity contribution >= 4 is 23.4 Å². The number of para-hydroxylation sites is 1. The van der Waals surface area contributed by atoms with Crippen LogP contribution in [-0.4, -0.2) is 25.0 Å². The Morgan fingerprint density at radius 1 is 1.04 bits per heavy atom. The summed E-state index contributed by atoms with van der Waals surface area (Å²) in [5.41, 5.74) is 1.49. The van der Waals surface area contributed by atoms with Crippen LogP contribution in [0.1, 0.15) is 35.7 Å². The maximum atomic E-state index is 12.2. The largest absolute Gasteiger partial charge is 0.493 e. The number of ether oxygens (including phenoxy) is 1. The normalized spacial score (nSPS) is 10.2. The van der Waals surface area contributed by atoms with E-state index in [9.17, 15) is 9.59 Å². The minimum Gasteiger partial charge on any atom is -0.493 e. The van der Waals surface area contributed by atoms with Crippen LogP contribution in [0.5, 0.6) is 5.75 Å². The first kappa shape index (κ1) is 19.8. The van der Waals surface area contributed by atoms with Gasteiger partial charge in [0.05, 0.1) is 12.2 Å². The van der Waals surface area contributed by atoms with Gasteiger partial charge in [-0.05, 0) is 43.2 Å². The minimum atomic E-state index is -0.198. The molecule has 0 spiro atoms. The molecule has 26 heavy (non-hydrogen) atoms. The van der Waals surface area contributed by atoms with Gasteiger partial charge in [-0.15, -0.1) is 0 Å². The van der Waals surface area contributed by atoms with Gasteiger partial charge in [-0.25, -0.2) is 0 Å². The van der Waals surface area contributed by atoms with E-state index in [0.717, 1.165) is 5.56 Å². The molecule has 2 amide bonds. The first-order chi connectivity index (χ1) is 12.6. The molecule has 0 aliphatic heterocycles. The number of benzene rings is 2. The summed E-state index contributed by atoms with van der Waals surface area (Å²) in [6.45, 7) is 3.26. The van der Waals surface area contributed by atoms with Gasteiger partial charge in [-0.3, -0.25) is 9.59 Å². The molecular formula is C20H23ClN2O3. The van der Waals surface area contributed by atoms with E-state index in [1.165, 1.54) is 0 Å². The van der Waals surface area contributed by atoms with E-state index >= 15 is 0 Å². The fraction of sp³-hybridized carbons (Fsp3) is 0.300. The third-order valence-corrected chi connectivity index (χ3v) is 3.95. The monoisotopic (exact) mass is 374 g/mol. The number of rotatable bonds is 9. The summed E-state index contributed by atoms with van der Waals surface area (Å²) in [6, 6.07) is 14.4. The summed E-state index contributed by atoms with van der Waals surface area (Å²) in [7, 11) is 0. The Labute approximate surface area is 158 Å². The van der Waals surface area contributed by atoms with E-state index in [2.05, 4.69) is 10.6 Å². The summed E-state index contributed by atoms with van der Waals surface area (Å²) < 4.78 is 5.45. The van der Waals surface area contributed by atoms with Crippen molar-refractivity contribution in [3.05, 3.63) is 64.7 Å². The predicted octanol–water partition coefficient (Wildman–Crippen LogP) is 3.57. The number of hydrogen-bond acceptors (Lipinski definition) is 3. The number of halogens is 1. The molecule has 6 heteroatoms. The van der Waals surface area contributed by atoms with Gasteiger partial charge < -0.3 is 15.4 Å². The van der Waals surface area contributed by atoms with Crippen molar-refractivity contribution in [3.8, 4) is 5.75 Å². The highest BCUT2D eigenvalue weighted by Gasteiger charge is 2.11. The van der Waals surface area contributed by atoms with Crippen LogP contribution in [0.3, 0.4) is 0 Å². The van der Waals surface area contributed by atoms with Crippen molar-refractivity contribution in [2.75, 3.05) is 13.2 Å². The molecule has 0 radical (unpaired) electrons. The highest BCUT2D eigenvalue weighted by molar-refractivity contribution is 6.30. The van der Waals surface area contributed by atoms with E-state index in [1.807, 2.05) is 25.1 Å². The summed E-state index contributed by atoms with van der Waals surface area (Å²) in [4.78, 5) is 24.1. The predicted molar refractivity (Wildman–Crippen MR) is 102 cm³/mol. The Morgan fingerprint density at radius 2 is 1.77 bits per heavy atom. The molecule has 2 aromatic rings. The van der Waals surface area contributed by atoms with Crippen LogP contribution >= 0.6 is 11.6 Å². The van der Waals surface area contributed by atoms with Crippen LogP contribution in [-0.2, 0) is 11.3 Å². The van der Waals surface area contributed by atoms with E-state index in [1.54, 1.807) is 30.3 Å². The van der Waals surface area contributed by atoms with Gasteiger partial charge in [0.15, 0.2) is 0 Å². The molecule has 0 bridgehead atoms. The Kier molecular flexibility index (Phi) is 7.96. The third-order valence-electron chi connectivity index (χ3n) is 3.70. The molecule has 0 heterocycles. The zero-order valence-corrected chi connectivity index (χ0v) is 15.5. The Bertz CT molecular complexity index is 732. The van der Waals surface area contributed by atoms with Crippen molar-refractivity contribution < 1.29 is 14.3 Å². The van der Waals surface area contributed by atoms with Crippen LogP contribution in [0.15, 0.2) is 48.5 Å². The second-order valence-corrected chi connectivity index (χ2v) is 6.13. The van der Waals surface area contributed by atoms with E-state index in [4.69, 9.17) is 16.3 Å². The van der Waals surface area contributed by atoms with Crippen molar-refractivity contribution in [1.29, 1.82) is 0 Å². The van der Waals surface area contributed by atoms with Crippen molar-refractivity contribution in [2.24, 2.45) is 0 Å². The lowest BCUT2D eigenvalue weighted by molar-refractivity contribution is -0.121. The average Bonchev–Trinajstić information content (AvgIpc) is 2.65. The molecule has 0 aromatic heterocycles. The summed E-state index contributed by atoms with van der Waals surface area (Å²) >= 11 is 5.83. The van der Waals surface area contributed by atoms with Crippen LogP contribution < -0.4 is 15.4 Å². The Morgan fingerprint density at radius 3 is 2.50 bits per heavy atom. The van der Waals surface area contributed by atoms with E-state index < -0.39 is 0 Å². The van der Waals surface area contributed by atoms with Crippen molar-refractivity contribution in [1.82, 2.24) is 10.6 Å². The second kappa shape index (κ2) is 10.5. The van der Waals surface area contributed by atoms with E-state index in [-0.39, 0.29) is 11.8 Å². The lowest BCUT2D eigenvalue weighted by Gasteiger charge is -2.10. The number of hydrogen-bond donors (Lipinski definition) is 2. The van der Waals surface area contributed by atoms with Crippen LogP contribution in [0.4, 0.5) is 0 Å². The number of carbonyl (C=O) groups is 2. The van der Waals surface area contributed by atoms with Gasteiger partial charge in [0.25, 0.3) is 5.91 Å². The SMILES string of the molecule is CCOc1ccccc1C(=O)NCCCC(=O)NCc1ccc(Cl)cc1. The first-order valence-electron chi connectivity index (χ1n) is 8.61. The second-order valence-electron chi connectivity index (χ2n) is 5.69. The Balaban J connectivity index is 1.68. The van der Waals surface area contributed by atoms with Gasteiger partial charge in [0.2, 0.25) is 5.91 Å². The zero-order chi connectivity index (χ0) is 18.8. The molecule has 2 rings (SSSR count). The summed E-state index contributed by atoms with van der Waals surface area (Å²) in [6.07, 6.45) is 0.913. The van der Waals surface area contributed by atoms with E-state index in [0.29, 0.717) is 48.9 Å². The van der Waals surface area contributed by atoms with Crippen molar-refractivity contribution in [2.45, 2.75) is 26.3 Å². The molecule has 0 aliphatic rings. The first-order valence-corrected chi connectivity index (χ1v) is 8.99. The molecule has 2 N–H and O–H groups in total. The lowest BCUT2D eigenvalue weighted by Crippen LogP contribution is -2.27. The van der Waals surface area contributed by atoms with Gasteiger partial charge >= 0.3 is 0 Å². The summed E-state index contributed by atoms with van der Waals surface area (Å²) in [5, 5.41) is 6.34. The Hall–Kier alpha value is -2.53. The topological polar surface area (TPSA) is 67.4 Å². The van der Waals surface area contributed by atoms with Crippen molar-refractivity contribution in [3.63, 3.8) is 0 Å². The molecule has 0 saturated heterocycles. The standard InChI is InChI=1S/C20H23ClN2O3/c1-2-26-18-7-4-3-6-17(18)20(25)22-13-5-8-19(24)23-14-15-9-11-16(21)12-10-15/h3-4,6-7,9-12H,2,5,8,13-14H2,1H3,(H,22,25)(H,23,24). The van der Waals surface area contributed by atoms with Crippen LogP contribution in [0.25, 0.3) is 0 Å². The fourth-order valence-corrected chi connectivity index (χ4v) is 2.50. The third kappa shape index (κ3) is 6.41. The molecule has 0 aliphatic carbocycles. The van der Waals surface area contributed by atoms with Crippen LogP contribution in [0.2, 0.25) is 5.02 Å². The fourth-order valence-electron chi connectivity index (χ4n) is 2.37. The molecule has 0 saturated carbocycles. The van der Waals surface area contributed by atoms with Gasteiger partial charge in [0.1, 0.15) is 5.75 Å². The van der Waals surface area contributed by atoms with Gasteiger partial charge in [-0.2, -0.15) is 0 Å². The number of carbonyl (C=O) groups excluding carboxylic acids is 2. The molecule has 0 atom stereocenters. The lowest BCUT2D eigenvalue weighted by atomic mass is 10.2. The summed E-state index contributed by atoms with van der Waals surface area (Å²) in [5.74, 6) is 0.313. The zero-order valence-electron chi connectivity index (χ0n) is 14.8. The molecule has 0 fully saturated rings. The number of nitrogens with one attached hydrogen (secondary N) is 2. The quantitative estimate of drug-likeness (QED) is 0.659. The maximum absolute atomic E-state index is 12.2. The average molecular weight is 375 g/mol. The van der Waals surface area contributed by atoms with Crippen LogP contribution in [0, 0.1) is 0 Å². The highest BCUT2D eigenvalue weighted by atomic mass is 35.5. The molecule has 0 unspecified atom stereocenters. The molecule has 2 aromatic carbocycles. The molecule has 5 nitrogen and oxygen atoms in total. The molecule has 138 valence electrons. The smallest absolute Gasteiger partial charge is 0.255 e.